The van der Waals surface area contributed by atoms with Gasteiger partial charge in [0.25, 0.3) is 0 Å². The normalized spacial score (nSPS) is 14.4. The number of esters is 4. The molecule has 0 aromatic rings. The molecule has 0 rings (SSSR count). The largest absolute Gasteiger partial charge is 0.472 e. The zero-order valence-corrected chi connectivity index (χ0v) is 61.8. The first kappa shape index (κ1) is 90.1. The quantitative estimate of drug-likeness (QED) is 0.0222. The summed E-state index contributed by atoms with van der Waals surface area (Å²) < 4.78 is 68.1. The van der Waals surface area contributed by atoms with Gasteiger partial charge in [0.05, 0.1) is 26.4 Å². The molecule has 546 valence electrons. The number of aliphatic hydroxyl groups is 1. The maximum absolute atomic E-state index is 13.1. The number of aliphatic hydroxyl groups excluding tert-OH is 1. The van der Waals surface area contributed by atoms with E-state index in [0.29, 0.717) is 25.7 Å². The number of ether oxygens (including phenoxy) is 4. The maximum Gasteiger partial charge on any atom is 0.472 e. The zero-order chi connectivity index (χ0) is 68.0. The van der Waals surface area contributed by atoms with Crippen LogP contribution in [0.3, 0.4) is 0 Å². The van der Waals surface area contributed by atoms with Gasteiger partial charge in [0.1, 0.15) is 19.3 Å². The van der Waals surface area contributed by atoms with E-state index < -0.39 is 97.5 Å². The van der Waals surface area contributed by atoms with E-state index in [2.05, 4.69) is 48.5 Å². The van der Waals surface area contributed by atoms with Gasteiger partial charge in [-0.1, -0.05) is 318 Å². The first-order valence-corrected chi connectivity index (χ1v) is 40.9. The topological polar surface area (TPSA) is 237 Å². The lowest BCUT2D eigenvalue weighted by molar-refractivity contribution is -0.161. The van der Waals surface area contributed by atoms with Crippen LogP contribution in [0, 0.1) is 17.8 Å². The average molecular weight is 1350 g/mol. The molecule has 92 heavy (non-hydrogen) atoms. The second-order valence-corrected chi connectivity index (χ2v) is 30.4. The molecule has 0 fully saturated rings. The minimum Gasteiger partial charge on any atom is -0.462 e. The summed E-state index contributed by atoms with van der Waals surface area (Å²) in [5.74, 6) is 0.225. The molecule has 0 aliphatic rings. The van der Waals surface area contributed by atoms with Crippen molar-refractivity contribution in [1.82, 2.24) is 0 Å². The number of carbonyl (C=O) groups is 4. The van der Waals surface area contributed by atoms with Crippen LogP contribution in [-0.4, -0.2) is 96.7 Å². The van der Waals surface area contributed by atoms with Crippen molar-refractivity contribution in [3.8, 4) is 0 Å². The summed E-state index contributed by atoms with van der Waals surface area (Å²) in [6.45, 7) is 11.8. The van der Waals surface area contributed by atoms with Gasteiger partial charge in [-0.25, -0.2) is 9.13 Å². The third kappa shape index (κ3) is 65.4. The number of unbranched alkanes of at least 4 members (excludes halogenated alkanes) is 38. The maximum atomic E-state index is 13.1. The first-order valence-electron chi connectivity index (χ1n) is 37.9. The monoisotopic (exact) mass is 1350 g/mol. The lowest BCUT2D eigenvalue weighted by atomic mass is 9.99. The molecular formula is C73H142O17P2. The molecule has 0 aromatic heterocycles. The Morgan fingerprint density at radius 3 is 0.826 bits per heavy atom. The highest BCUT2D eigenvalue weighted by molar-refractivity contribution is 7.47. The second-order valence-electron chi connectivity index (χ2n) is 27.5. The Morgan fingerprint density at radius 2 is 0.554 bits per heavy atom. The summed E-state index contributed by atoms with van der Waals surface area (Å²) in [4.78, 5) is 72.3. The van der Waals surface area contributed by atoms with E-state index >= 15 is 0 Å². The molecule has 3 unspecified atom stereocenters. The van der Waals surface area contributed by atoms with Gasteiger partial charge in [-0.15, -0.1) is 0 Å². The molecule has 0 bridgehead atoms. The molecule has 0 radical (unpaired) electrons. The average Bonchev–Trinajstić information content (AvgIpc) is 2.32. The lowest BCUT2D eigenvalue weighted by Gasteiger charge is -2.21. The highest BCUT2D eigenvalue weighted by atomic mass is 31.2. The summed E-state index contributed by atoms with van der Waals surface area (Å²) in [7, 11) is -9.89. The number of rotatable bonds is 71. The van der Waals surface area contributed by atoms with Crippen molar-refractivity contribution in [2.75, 3.05) is 39.6 Å². The van der Waals surface area contributed by atoms with Gasteiger partial charge in [0.2, 0.25) is 0 Å². The van der Waals surface area contributed by atoms with Crippen molar-refractivity contribution in [2.24, 2.45) is 17.8 Å². The van der Waals surface area contributed by atoms with E-state index in [1.807, 2.05) is 0 Å². The lowest BCUT2D eigenvalue weighted by Crippen LogP contribution is -2.30. The van der Waals surface area contributed by atoms with Crippen molar-refractivity contribution in [1.29, 1.82) is 0 Å². The van der Waals surface area contributed by atoms with Crippen LogP contribution >= 0.6 is 15.6 Å². The number of phosphoric ester groups is 2. The number of hydrogen-bond donors (Lipinski definition) is 3. The van der Waals surface area contributed by atoms with E-state index in [1.54, 1.807) is 0 Å². The van der Waals surface area contributed by atoms with E-state index in [4.69, 9.17) is 37.0 Å². The first-order chi connectivity index (χ1) is 44.3. The summed E-state index contributed by atoms with van der Waals surface area (Å²) >= 11 is 0. The molecule has 3 N–H and O–H groups in total. The van der Waals surface area contributed by atoms with Crippen LogP contribution in [0.25, 0.3) is 0 Å². The van der Waals surface area contributed by atoms with Crippen molar-refractivity contribution in [2.45, 2.75) is 388 Å². The number of hydrogen-bond acceptors (Lipinski definition) is 15. The summed E-state index contributed by atoms with van der Waals surface area (Å²) in [5.41, 5.74) is 0. The Kier molecular flexibility index (Phi) is 62.4. The number of phosphoric acid groups is 2. The van der Waals surface area contributed by atoms with Gasteiger partial charge in [0.15, 0.2) is 12.2 Å². The summed E-state index contributed by atoms with van der Waals surface area (Å²) in [6.07, 6.45) is 49.1. The van der Waals surface area contributed by atoms with Crippen LogP contribution in [0.1, 0.15) is 370 Å². The van der Waals surface area contributed by atoms with Gasteiger partial charge in [-0.05, 0) is 43.4 Å². The SMILES string of the molecule is CCCCCCCC(=O)OC[C@H](COP(=O)(O)OC[C@H](O)COP(=O)(O)OC[C@@H](COC(=O)CCCCCCCCCCCCCC(C)C)OC(=O)CCCCCCCCCCCCCCCCCCCCC(C)CC)OC(=O)CCCCCCCCCCC(C)C. The Hall–Kier alpha value is -1.94. The Bertz CT molecular complexity index is 1800. The smallest absolute Gasteiger partial charge is 0.462 e. The molecule has 0 spiro atoms. The Labute approximate surface area is 562 Å². The second kappa shape index (κ2) is 63.8. The molecule has 0 saturated heterocycles. The van der Waals surface area contributed by atoms with E-state index in [-0.39, 0.29) is 25.7 Å². The predicted molar refractivity (Wildman–Crippen MR) is 372 cm³/mol. The van der Waals surface area contributed by atoms with Crippen LogP contribution < -0.4 is 0 Å². The zero-order valence-electron chi connectivity index (χ0n) is 60.0. The molecule has 0 aromatic carbocycles. The molecule has 19 heteroatoms. The van der Waals surface area contributed by atoms with Crippen LogP contribution in [0.15, 0.2) is 0 Å². The van der Waals surface area contributed by atoms with Crippen LogP contribution in [-0.2, 0) is 65.4 Å². The van der Waals surface area contributed by atoms with Crippen LogP contribution in [0.2, 0.25) is 0 Å². The van der Waals surface area contributed by atoms with Crippen molar-refractivity contribution >= 4 is 39.5 Å². The van der Waals surface area contributed by atoms with Gasteiger partial charge >= 0.3 is 39.5 Å². The Morgan fingerprint density at radius 1 is 0.315 bits per heavy atom. The third-order valence-corrected chi connectivity index (χ3v) is 19.1. The molecule has 0 aliphatic carbocycles. The molecule has 17 nitrogen and oxygen atoms in total. The third-order valence-electron chi connectivity index (χ3n) is 17.2. The standard InChI is InChI=1S/C73H142O17P2/c1-8-10-11-37-47-54-70(75)83-60-68(89-73(78)57-50-43-36-30-29-32-39-45-52-65(5)6)62-87-91(79,80)85-58-67(74)59-86-92(81,82)88-63-69(61-84-71(76)55-48-41-34-27-24-20-21-25-31-38-44-51-64(3)4)90-72(77)56-49-42-35-28-23-19-17-15-13-12-14-16-18-22-26-33-40-46-53-66(7)9-2/h64-69,74H,8-63H2,1-7H3,(H,79,80)(H,81,82)/t66?,67-,68+,69+/m0/s1. The molecule has 0 heterocycles. The van der Waals surface area contributed by atoms with Crippen molar-refractivity contribution in [3.05, 3.63) is 0 Å². The fourth-order valence-electron chi connectivity index (χ4n) is 11.0. The summed E-state index contributed by atoms with van der Waals surface area (Å²) in [6, 6.07) is 0. The van der Waals surface area contributed by atoms with Gasteiger partial charge in [0, 0.05) is 25.7 Å². The fraction of sp³-hybridized carbons (Fsp3) is 0.945. The molecule has 0 amide bonds. The van der Waals surface area contributed by atoms with E-state index in [0.717, 1.165) is 114 Å². The van der Waals surface area contributed by atoms with Crippen molar-refractivity contribution in [3.63, 3.8) is 0 Å². The minimum atomic E-state index is -4.95. The summed E-state index contributed by atoms with van der Waals surface area (Å²) in [5, 5.41) is 10.6. The highest BCUT2D eigenvalue weighted by Crippen LogP contribution is 2.45. The van der Waals surface area contributed by atoms with Crippen LogP contribution in [0.5, 0.6) is 0 Å². The molecule has 0 saturated carbocycles. The van der Waals surface area contributed by atoms with Gasteiger partial charge in [-0.3, -0.25) is 37.3 Å². The van der Waals surface area contributed by atoms with E-state index in [1.165, 1.54) is 173 Å². The Balaban J connectivity index is 5.11. The molecular weight excluding hydrogens is 1210 g/mol. The molecule has 6 atom stereocenters. The van der Waals surface area contributed by atoms with Gasteiger partial charge < -0.3 is 33.8 Å². The molecule has 0 aliphatic heterocycles. The van der Waals surface area contributed by atoms with Crippen LogP contribution in [0.4, 0.5) is 0 Å². The number of carbonyl (C=O) groups excluding carboxylic acids is 4. The highest BCUT2D eigenvalue weighted by Gasteiger charge is 2.30. The minimum absolute atomic E-state index is 0.103. The van der Waals surface area contributed by atoms with Gasteiger partial charge in [-0.2, -0.15) is 0 Å². The van der Waals surface area contributed by atoms with E-state index in [9.17, 15) is 43.2 Å². The van der Waals surface area contributed by atoms with Crippen molar-refractivity contribution < 1.29 is 80.2 Å². The predicted octanol–water partition coefficient (Wildman–Crippen LogP) is 21.0. The fourth-order valence-corrected chi connectivity index (χ4v) is 12.6.